The average Bonchev–Trinajstić information content (AvgIpc) is 2.76. The lowest BCUT2D eigenvalue weighted by molar-refractivity contribution is -0.135. The predicted molar refractivity (Wildman–Crippen MR) is 87.9 cm³/mol. The first-order chi connectivity index (χ1) is 9.88. The molecule has 1 saturated heterocycles. The first-order valence-corrected chi connectivity index (χ1v) is 7.58. The van der Waals surface area contributed by atoms with Crippen molar-refractivity contribution >= 4 is 18.3 Å². The topological polar surface area (TPSA) is 75.6 Å². The van der Waals surface area contributed by atoms with E-state index >= 15 is 0 Å². The maximum Gasteiger partial charge on any atom is 0.239 e. The van der Waals surface area contributed by atoms with Crippen LogP contribution in [0.25, 0.3) is 0 Å². The summed E-state index contributed by atoms with van der Waals surface area (Å²) in [5.74, 6) is 1.87. The number of aromatic nitrogens is 1. The quantitative estimate of drug-likeness (QED) is 0.901. The smallest absolute Gasteiger partial charge is 0.239 e. The zero-order chi connectivity index (χ0) is 15.6. The highest BCUT2D eigenvalue weighted by Gasteiger charge is 2.27. The molecule has 126 valence electrons. The van der Waals surface area contributed by atoms with E-state index in [1.165, 1.54) is 0 Å². The first-order valence-electron chi connectivity index (χ1n) is 7.58. The van der Waals surface area contributed by atoms with Crippen LogP contribution in [0.2, 0.25) is 0 Å². The molecule has 6 nitrogen and oxygen atoms in total. The molecule has 1 aromatic heterocycles. The number of rotatable bonds is 4. The van der Waals surface area contributed by atoms with Crippen LogP contribution in [0, 0.1) is 19.8 Å². The monoisotopic (exact) mass is 330 g/mol. The van der Waals surface area contributed by atoms with Crippen molar-refractivity contribution in [2.24, 2.45) is 11.7 Å². The van der Waals surface area contributed by atoms with Gasteiger partial charge in [-0.1, -0.05) is 13.8 Å². The fourth-order valence-corrected chi connectivity index (χ4v) is 2.42. The average molecular weight is 331 g/mol. The van der Waals surface area contributed by atoms with Crippen molar-refractivity contribution in [3.63, 3.8) is 0 Å². The minimum absolute atomic E-state index is 0. The second-order valence-corrected chi connectivity index (χ2v) is 6.12. The van der Waals surface area contributed by atoms with Crippen LogP contribution in [-0.4, -0.2) is 52.9 Å². The van der Waals surface area contributed by atoms with E-state index in [2.05, 4.69) is 9.88 Å². The summed E-state index contributed by atoms with van der Waals surface area (Å²) in [6.45, 7) is 11.6. The number of nitrogens with zero attached hydrogens (tertiary/aromatic N) is 3. The molecular formula is C15H27ClN4O2. The van der Waals surface area contributed by atoms with Crippen molar-refractivity contribution in [2.45, 2.75) is 40.3 Å². The summed E-state index contributed by atoms with van der Waals surface area (Å²) in [7, 11) is 0. The number of amides is 1. The molecule has 1 amide bonds. The largest absolute Gasteiger partial charge is 0.444 e. The van der Waals surface area contributed by atoms with Gasteiger partial charge in [0.15, 0.2) is 0 Å². The van der Waals surface area contributed by atoms with Crippen LogP contribution in [0.3, 0.4) is 0 Å². The highest BCUT2D eigenvalue weighted by Crippen LogP contribution is 2.13. The highest BCUT2D eigenvalue weighted by atomic mass is 35.5. The number of nitrogens with two attached hydrogens (primary N) is 1. The van der Waals surface area contributed by atoms with Gasteiger partial charge in [-0.15, -0.1) is 12.4 Å². The summed E-state index contributed by atoms with van der Waals surface area (Å²) in [5, 5.41) is 0. The number of carbonyl (C=O) groups excluding carboxylic acids is 1. The van der Waals surface area contributed by atoms with Crippen LogP contribution in [0.4, 0.5) is 0 Å². The fraction of sp³-hybridized carbons (Fsp3) is 0.733. The number of piperazine rings is 1. The Morgan fingerprint density at radius 3 is 2.32 bits per heavy atom. The Morgan fingerprint density at radius 2 is 1.86 bits per heavy atom. The SMILES string of the molecule is Cc1nc(CN2CCN(C(=O)[C@@H](N)C(C)C)CC2)oc1C.Cl. The van der Waals surface area contributed by atoms with Gasteiger partial charge in [0.25, 0.3) is 0 Å². The van der Waals surface area contributed by atoms with Gasteiger partial charge in [-0.05, 0) is 19.8 Å². The molecule has 2 N–H and O–H groups in total. The van der Waals surface area contributed by atoms with Crippen molar-refractivity contribution < 1.29 is 9.21 Å². The van der Waals surface area contributed by atoms with Gasteiger partial charge in [-0.25, -0.2) is 4.98 Å². The van der Waals surface area contributed by atoms with E-state index in [1.807, 2.05) is 32.6 Å². The Morgan fingerprint density at radius 1 is 1.27 bits per heavy atom. The van der Waals surface area contributed by atoms with Crippen LogP contribution in [-0.2, 0) is 11.3 Å². The molecule has 7 heteroatoms. The molecule has 0 spiro atoms. The van der Waals surface area contributed by atoms with E-state index in [0.29, 0.717) is 6.54 Å². The Hall–Kier alpha value is -1.11. The molecule has 0 radical (unpaired) electrons. The van der Waals surface area contributed by atoms with Gasteiger partial charge in [0.05, 0.1) is 18.3 Å². The summed E-state index contributed by atoms with van der Waals surface area (Å²) in [6.07, 6.45) is 0. The zero-order valence-electron chi connectivity index (χ0n) is 13.8. The molecule has 2 heterocycles. The van der Waals surface area contributed by atoms with Gasteiger partial charge >= 0.3 is 0 Å². The Balaban J connectivity index is 0.00000242. The molecule has 2 rings (SSSR count). The molecule has 0 bridgehead atoms. The van der Waals surface area contributed by atoms with Crippen molar-refractivity contribution in [1.29, 1.82) is 0 Å². The van der Waals surface area contributed by atoms with Crippen LogP contribution >= 0.6 is 12.4 Å². The van der Waals surface area contributed by atoms with Gasteiger partial charge < -0.3 is 15.1 Å². The van der Waals surface area contributed by atoms with Crippen LogP contribution < -0.4 is 5.73 Å². The van der Waals surface area contributed by atoms with E-state index in [-0.39, 0.29) is 24.2 Å². The van der Waals surface area contributed by atoms with Crippen LogP contribution in [0.5, 0.6) is 0 Å². The normalized spacial score (nSPS) is 17.5. The standard InChI is InChI=1S/C15H26N4O2.ClH/c1-10(2)14(16)15(20)19-7-5-18(6-8-19)9-13-17-11(3)12(4)21-13;/h10,14H,5-9,16H2,1-4H3;1H/t14-;/m0./s1. The van der Waals surface area contributed by atoms with Crippen molar-refractivity contribution in [1.82, 2.24) is 14.8 Å². The van der Waals surface area contributed by atoms with Gasteiger partial charge in [0.2, 0.25) is 11.8 Å². The third kappa shape index (κ3) is 4.44. The second-order valence-electron chi connectivity index (χ2n) is 6.12. The third-order valence-corrected chi connectivity index (χ3v) is 4.12. The molecule has 1 aromatic rings. The number of hydrogen-bond acceptors (Lipinski definition) is 5. The summed E-state index contributed by atoms with van der Waals surface area (Å²) in [4.78, 5) is 20.7. The fourth-order valence-electron chi connectivity index (χ4n) is 2.42. The number of oxazole rings is 1. The van der Waals surface area contributed by atoms with Crippen molar-refractivity contribution in [3.05, 3.63) is 17.3 Å². The van der Waals surface area contributed by atoms with Gasteiger partial charge in [-0.2, -0.15) is 0 Å². The molecule has 22 heavy (non-hydrogen) atoms. The van der Waals surface area contributed by atoms with E-state index in [1.54, 1.807) is 0 Å². The number of aryl methyl sites for hydroxylation is 2. The minimum Gasteiger partial charge on any atom is -0.444 e. The van der Waals surface area contributed by atoms with Crippen LogP contribution in [0.15, 0.2) is 4.42 Å². The summed E-state index contributed by atoms with van der Waals surface area (Å²) in [6, 6.07) is -0.395. The van der Waals surface area contributed by atoms with E-state index in [0.717, 1.165) is 43.5 Å². The lowest BCUT2D eigenvalue weighted by Crippen LogP contribution is -2.54. The van der Waals surface area contributed by atoms with E-state index in [4.69, 9.17) is 10.2 Å². The number of hydrogen-bond donors (Lipinski definition) is 1. The molecule has 0 aliphatic carbocycles. The molecular weight excluding hydrogens is 304 g/mol. The van der Waals surface area contributed by atoms with Crippen LogP contribution in [0.1, 0.15) is 31.2 Å². The van der Waals surface area contributed by atoms with Gasteiger partial charge in [0.1, 0.15) is 5.76 Å². The molecule has 1 atom stereocenters. The summed E-state index contributed by atoms with van der Waals surface area (Å²) < 4.78 is 5.61. The Labute approximate surface area is 138 Å². The molecule has 1 aliphatic heterocycles. The highest BCUT2D eigenvalue weighted by molar-refractivity contribution is 5.85. The zero-order valence-corrected chi connectivity index (χ0v) is 14.7. The number of halogens is 1. The van der Waals surface area contributed by atoms with Gasteiger partial charge in [0, 0.05) is 26.2 Å². The second kappa shape index (κ2) is 7.94. The predicted octanol–water partition coefficient (Wildman–Crippen LogP) is 1.34. The molecule has 1 fully saturated rings. The Bertz CT molecular complexity index is 476. The van der Waals surface area contributed by atoms with E-state index in [9.17, 15) is 4.79 Å². The van der Waals surface area contributed by atoms with Crippen molar-refractivity contribution in [3.8, 4) is 0 Å². The maximum absolute atomic E-state index is 12.2. The molecule has 0 unspecified atom stereocenters. The summed E-state index contributed by atoms with van der Waals surface area (Å²) in [5.41, 5.74) is 6.88. The molecule has 0 saturated carbocycles. The van der Waals surface area contributed by atoms with E-state index < -0.39 is 6.04 Å². The minimum atomic E-state index is -0.395. The van der Waals surface area contributed by atoms with Gasteiger partial charge in [-0.3, -0.25) is 9.69 Å². The lowest BCUT2D eigenvalue weighted by atomic mass is 10.0. The summed E-state index contributed by atoms with van der Waals surface area (Å²) >= 11 is 0. The Kier molecular flexibility index (Phi) is 6.84. The number of carbonyl (C=O) groups is 1. The maximum atomic E-state index is 12.2. The van der Waals surface area contributed by atoms with Crippen molar-refractivity contribution in [2.75, 3.05) is 26.2 Å². The lowest BCUT2D eigenvalue weighted by Gasteiger charge is -2.35. The third-order valence-electron chi connectivity index (χ3n) is 4.12. The first kappa shape index (κ1) is 18.9. The molecule has 0 aromatic carbocycles. The molecule has 1 aliphatic rings.